The Bertz CT molecular complexity index is 1390. The Morgan fingerprint density at radius 1 is 0.949 bits per heavy atom. The number of carbonyl (C=O) groups is 3. The van der Waals surface area contributed by atoms with E-state index < -0.39 is 41.5 Å². The van der Waals surface area contributed by atoms with Crippen LogP contribution in [0.1, 0.15) is 37.7 Å². The van der Waals surface area contributed by atoms with E-state index in [0.29, 0.717) is 29.7 Å². The number of aromatic hydroxyl groups is 2. The number of esters is 1. The van der Waals surface area contributed by atoms with Crippen molar-refractivity contribution < 1.29 is 34.2 Å². The second kappa shape index (κ2) is 10.7. The number of aromatic nitrogens is 1. The van der Waals surface area contributed by atoms with Crippen molar-refractivity contribution in [2.45, 2.75) is 38.6 Å². The molecule has 1 aliphatic carbocycles. The molecule has 1 fully saturated rings. The van der Waals surface area contributed by atoms with Gasteiger partial charge in [0.25, 0.3) is 0 Å². The maximum Gasteiger partial charge on any atom is 0.334 e. The first-order valence-corrected chi connectivity index (χ1v) is 12.9. The molecule has 2 aliphatic rings. The van der Waals surface area contributed by atoms with Crippen LogP contribution in [-0.2, 0) is 25.7 Å². The van der Waals surface area contributed by atoms with Crippen molar-refractivity contribution in [1.29, 1.82) is 0 Å². The Balaban J connectivity index is 1.46. The minimum Gasteiger partial charge on any atom is -0.492 e. The summed E-state index contributed by atoms with van der Waals surface area (Å²) in [5.74, 6) is -3.84. The Hall–Kier alpha value is -4.53. The SMILES string of the molecule is COC(=O)[C@@]12CCCCC=C1N(Cc1ccc(-c3ccccc3)cc1)C(=O)[C@H]2CC(=O)On1c(O)ccc1O. The van der Waals surface area contributed by atoms with Crippen molar-refractivity contribution in [3.63, 3.8) is 0 Å². The first kappa shape index (κ1) is 26.1. The lowest BCUT2D eigenvalue weighted by atomic mass is 9.71. The molecule has 0 unspecified atom stereocenters. The molecule has 9 heteroatoms. The lowest BCUT2D eigenvalue weighted by Gasteiger charge is -2.31. The number of nitrogens with zero attached hydrogens (tertiary/aromatic N) is 2. The smallest absolute Gasteiger partial charge is 0.334 e. The molecule has 0 bridgehead atoms. The minimum atomic E-state index is -1.34. The molecule has 0 spiro atoms. The number of benzene rings is 2. The van der Waals surface area contributed by atoms with Gasteiger partial charge in [0.05, 0.1) is 26.0 Å². The molecule has 2 atom stereocenters. The molecule has 2 N–H and O–H groups in total. The molecular formula is C30H30N2O7. The van der Waals surface area contributed by atoms with Crippen molar-refractivity contribution in [3.8, 4) is 22.9 Å². The molecule has 1 saturated heterocycles. The molecule has 1 amide bonds. The fraction of sp³-hybridized carbons (Fsp3) is 0.300. The van der Waals surface area contributed by atoms with Crippen LogP contribution in [0, 0.1) is 11.3 Å². The van der Waals surface area contributed by atoms with Crippen molar-refractivity contribution in [2.75, 3.05) is 7.11 Å². The van der Waals surface area contributed by atoms with E-state index in [9.17, 15) is 24.6 Å². The third-order valence-electron chi connectivity index (χ3n) is 7.58. The Kier molecular flexibility index (Phi) is 7.15. The van der Waals surface area contributed by atoms with Crippen LogP contribution in [-0.4, -0.2) is 44.8 Å². The van der Waals surface area contributed by atoms with Gasteiger partial charge in [-0.25, -0.2) is 4.79 Å². The van der Waals surface area contributed by atoms with Gasteiger partial charge in [0.2, 0.25) is 17.7 Å². The highest BCUT2D eigenvalue weighted by molar-refractivity contribution is 5.98. The van der Waals surface area contributed by atoms with Crippen LogP contribution in [0.15, 0.2) is 78.5 Å². The van der Waals surface area contributed by atoms with Crippen molar-refractivity contribution >= 4 is 17.8 Å². The summed E-state index contributed by atoms with van der Waals surface area (Å²) in [5.41, 5.74) is 2.20. The van der Waals surface area contributed by atoms with E-state index in [2.05, 4.69) is 0 Å². The first-order chi connectivity index (χ1) is 18.8. The van der Waals surface area contributed by atoms with Crippen LogP contribution in [0.4, 0.5) is 0 Å². The molecule has 0 saturated carbocycles. The van der Waals surface area contributed by atoms with Gasteiger partial charge in [-0.2, -0.15) is 0 Å². The zero-order chi connectivity index (χ0) is 27.6. The molecule has 9 nitrogen and oxygen atoms in total. The zero-order valence-corrected chi connectivity index (χ0v) is 21.6. The number of ether oxygens (including phenoxy) is 1. The standard InChI is InChI=1S/C30H30N2O7/c1-38-29(37)30-17-7-3-6-10-24(30)31(19-20-11-13-22(14-12-20)21-8-4-2-5-9-21)28(36)23(30)18-27(35)39-32-25(33)15-16-26(32)34/h2,4-5,8-16,23,33-34H,3,6-7,17-19H2,1H3/t23-,30-/m1/s1. The Morgan fingerprint density at radius 3 is 2.28 bits per heavy atom. The largest absolute Gasteiger partial charge is 0.492 e. The first-order valence-electron chi connectivity index (χ1n) is 12.9. The highest BCUT2D eigenvalue weighted by Gasteiger charge is 2.61. The van der Waals surface area contributed by atoms with Gasteiger partial charge in [-0.15, -0.1) is 4.73 Å². The molecule has 0 radical (unpaired) electrons. The highest BCUT2D eigenvalue weighted by Crippen LogP contribution is 2.53. The average molecular weight is 531 g/mol. The maximum absolute atomic E-state index is 13.9. The van der Waals surface area contributed by atoms with Crippen LogP contribution in [0.2, 0.25) is 0 Å². The zero-order valence-electron chi connectivity index (χ0n) is 21.6. The van der Waals surface area contributed by atoms with Gasteiger partial charge in [-0.3, -0.25) is 9.59 Å². The molecule has 2 aromatic carbocycles. The van der Waals surface area contributed by atoms with Gasteiger partial charge in [0.1, 0.15) is 5.41 Å². The number of carbonyl (C=O) groups excluding carboxylic acids is 3. The van der Waals surface area contributed by atoms with Crippen molar-refractivity contribution in [2.24, 2.45) is 11.3 Å². The summed E-state index contributed by atoms with van der Waals surface area (Å²) >= 11 is 0. The van der Waals surface area contributed by atoms with Gasteiger partial charge in [0, 0.05) is 17.8 Å². The third kappa shape index (κ3) is 4.76. The van der Waals surface area contributed by atoms with E-state index in [1.807, 2.05) is 60.7 Å². The van der Waals surface area contributed by atoms with E-state index in [-0.39, 0.29) is 12.5 Å². The van der Waals surface area contributed by atoms with E-state index >= 15 is 0 Å². The van der Waals surface area contributed by atoms with Gasteiger partial charge < -0.3 is 24.7 Å². The predicted octanol–water partition coefficient (Wildman–Crippen LogP) is 4.19. The van der Waals surface area contributed by atoms with E-state index in [1.165, 1.54) is 7.11 Å². The molecule has 202 valence electrons. The van der Waals surface area contributed by atoms with Crippen LogP contribution in [0.3, 0.4) is 0 Å². The number of hydrogen-bond donors (Lipinski definition) is 2. The molecule has 1 aliphatic heterocycles. The highest BCUT2D eigenvalue weighted by atomic mass is 16.7. The van der Waals surface area contributed by atoms with Crippen LogP contribution >= 0.6 is 0 Å². The lowest BCUT2D eigenvalue weighted by Crippen LogP contribution is -2.41. The number of rotatable bonds is 7. The molecule has 3 aromatic rings. The number of likely N-dealkylation sites (tertiary alicyclic amines) is 1. The third-order valence-corrected chi connectivity index (χ3v) is 7.58. The maximum atomic E-state index is 13.9. The van der Waals surface area contributed by atoms with Gasteiger partial charge in [-0.05, 0) is 36.0 Å². The number of allylic oxidation sites excluding steroid dienone is 1. The normalized spacial score (nSPS) is 20.6. The number of methoxy groups -OCH3 is 1. The fourth-order valence-corrected chi connectivity index (χ4v) is 5.69. The number of fused-ring (bicyclic) bond motifs is 1. The molecule has 5 rings (SSSR count). The number of amides is 1. The van der Waals surface area contributed by atoms with E-state index in [0.717, 1.165) is 35.2 Å². The molecular weight excluding hydrogens is 500 g/mol. The van der Waals surface area contributed by atoms with Crippen LogP contribution in [0.5, 0.6) is 11.8 Å². The molecule has 1 aromatic heterocycles. The number of hydrogen-bond acceptors (Lipinski definition) is 7. The second-order valence-electron chi connectivity index (χ2n) is 9.85. The van der Waals surface area contributed by atoms with Crippen molar-refractivity contribution in [1.82, 2.24) is 9.63 Å². The fourth-order valence-electron chi connectivity index (χ4n) is 5.69. The summed E-state index contributed by atoms with van der Waals surface area (Å²) in [7, 11) is 1.28. The summed E-state index contributed by atoms with van der Waals surface area (Å²) in [5, 5.41) is 19.7. The van der Waals surface area contributed by atoms with E-state index in [1.54, 1.807) is 4.90 Å². The second-order valence-corrected chi connectivity index (χ2v) is 9.85. The lowest BCUT2D eigenvalue weighted by molar-refractivity contribution is -0.158. The topological polar surface area (TPSA) is 118 Å². The average Bonchev–Trinajstić information content (AvgIpc) is 3.25. The summed E-state index contributed by atoms with van der Waals surface area (Å²) in [6, 6.07) is 20.2. The Labute approximate surface area is 225 Å². The minimum absolute atomic E-state index is 0.225. The van der Waals surface area contributed by atoms with Gasteiger partial charge in [-0.1, -0.05) is 67.1 Å². The summed E-state index contributed by atoms with van der Waals surface area (Å²) < 4.78 is 5.79. The Morgan fingerprint density at radius 2 is 1.62 bits per heavy atom. The van der Waals surface area contributed by atoms with Gasteiger partial charge >= 0.3 is 11.9 Å². The quantitative estimate of drug-likeness (QED) is 0.440. The van der Waals surface area contributed by atoms with E-state index in [4.69, 9.17) is 9.57 Å². The van der Waals surface area contributed by atoms with Crippen LogP contribution < -0.4 is 4.84 Å². The van der Waals surface area contributed by atoms with Crippen LogP contribution in [0.25, 0.3) is 11.1 Å². The van der Waals surface area contributed by atoms with Gasteiger partial charge in [0.15, 0.2) is 0 Å². The summed E-state index contributed by atoms with van der Waals surface area (Å²) in [4.78, 5) is 47.0. The van der Waals surface area contributed by atoms with Crippen molar-refractivity contribution in [3.05, 3.63) is 84.1 Å². The summed E-state index contributed by atoms with van der Waals surface area (Å²) in [6.45, 7) is 0.225. The molecule has 2 heterocycles. The molecule has 39 heavy (non-hydrogen) atoms. The monoisotopic (exact) mass is 530 g/mol. The predicted molar refractivity (Wildman–Crippen MR) is 141 cm³/mol. The summed E-state index contributed by atoms with van der Waals surface area (Å²) in [6.07, 6.45) is 4.01.